The first-order chi connectivity index (χ1) is 11.6. The van der Waals surface area contributed by atoms with Gasteiger partial charge in [0.05, 0.1) is 24.7 Å². The number of fused-ring (bicyclic) bond motifs is 1. The number of aliphatic hydroxyl groups is 1. The number of pyridine rings is 1. The van der Waals surface area contributed by atoms with Gasteiger partial charge in [0, 0.05) is 44.5 Å². The highest BCUT2D eigenvalue weighted by atomic mass is 79.9. The van der Waals surface area contributed by atoms with Gasteiger partial charge in [-0.05, 0) is 25.1 Å². The molecule has 7 heteroatoms. The third-order valence-electron chi connectivity index (χ3n) is 3.65. The van der Waals surface area contributed by atoms with E-state index in [0.717, 1.165) is 20.9 Å². The number of nitrogens with zero attached hydrogens (tertiary/aromatic N) is 3. The van der Waals surface area contributed by atoms with Crippen LogP contribution >= 0.6 is 15.9 Å². The van der Waals surface area contributed by atoms with E-state index in [1.54, 1.807) is 13.1 Å². The lowest BCUT2D eigenvalue weighted by Gasteiger charge is -2.06. The molecule has 2 aromatic heterocycles. The zero-order valence-corrected chi connectivity index (χ0v) is 14.4. The number of aromatic amines is 1. The van der Waals surface area contributed by atoms with Gasteiger partial charge in [0.1, 0.15) is 5.75 Å². The summed E-state index contributed by atoms with van der Waals surface area (Å²) in [7, 11) is 0. The molecule has 0 spiro atoms. The van der Waals surface area contributed by atoms with Gasteiger partial charge in [-0.2, -0.15) is 10.2 Å². The van der Waals surface area contributed by atoms with Crippen LogP contribution in [0, 0.1) is 6.92 Å². The summed E-state index contributed by atoms with van der Waals surface area (Å²) in [6.45, 7) is 1.45. The van der Waals surface area contributed by atoms with Gasteiger partial charge in [-0.25, -0.2) is 0 Å². The Morgan fingerprint density at radius 1 is 1.29 bits per heavy atom. The first-order valence-corrected chi connectivity index (χ1v) is 8.00. The standard InChI is InChI=1S/C17H15BrN4O2/c1-10-17(24)15(12(9-23)6-19-10)8-22-21-7-11-5-20-16-3-2-13(18)4-14(11)16/h2-8,20,23-24H,9H2,1H3/b21-7+,22-8-. The number of benzene rings is 1. The fourth-order valence-corrected chi connectivity index (χ4v) is 2.69. The number of aromatic nitrogens is 2. The number of H-pyrrole nitrogens is 1. The zero-order chi connectivity index (χ0) is 17.1. The van der Waals surface area contributed by atoms with Gasteiger partial charge < -0.3 is 15.2 Å². The summed E-state index contributed by atoms with van der Waals surface area (Å²) in [5.41, 5.74) is 3.30. The summed E-state index contributed by atoms with van der Waals surface area (Å²) in [6, 6.07) is 5.94. The van der Waals surface area contributed by atoms with Gasteiger partial charge in [0.15, 0.2) is 0 Å². The van der Waals surface area contributed by atoms with Crippen molar-refractivity contribution in [3.63, 3.8) is 0 Å². The molecule has 0 fully saturated rings. The van der Waals surface area contributed by atoms with Gasteiger partial charge in [-0.1, -0.05) is 15.9 Å². The Labute approximate surface area is 146 Å². The van der Waals surface area contributed by atoms with Crippen LogP contribution in [0.2, 0.25) is 0 Å². The van der Waals surface area contributed by atoms with Crippen molar-refractivity contribution in [2.75, 3.05) is 0 Å². The van der Waals surface area contributed by atoms with E-state index in [0.29, 0.717) is 16.8 Å². The van der Waals surface area contributed by atoms with E-state index in [-0.39, 0.29) is 12.4 Å². The number of hydrogen-bond acceptors (Lipinski definition) is 5. The normalized spacial score (nSPS) is 12.0. The molecule has 122 valence electrons. The van der Waals surface area contributed by atoms with Gasteiger partial charge in [-0.3, -0.25) is 4.98 Å². The molecular formula is C17H15BrN4O2. The third kappa shape index (κ3) is 3.22. The summed E-state index contributed by atoms with van der Waals surface area (Å²) in [5, 5.41) is 28.4. The molecule has 0 atom stereocenters. The van der Waals surface area contributed by atoms with Crippen LogP contribution in [0.4, 0.5) is 0 Å². The number of rotatable bonds is 4. The molecule has 3 rings (SSSR count). The molecule has 0 unspecified atom stereocenters. The molecule has 0 aliphatic heterocycles. The maximum atomic E-state index is 10.0. The summed E-state index contributed by atoms with van der Waals surface area (Å²) < 4.78 is 0.984. The van der Waals surface area contributed by atoms with Crippen molar-refractivity contribution in [1.82, 2.24) is 9.97 Å². The van der Waals surface area contributed by atoms with Crippen molar-refractivity contribution in [3.05, 3.63) is 57.4 Å². The smallest absolute Gasteiger partial charge is 0.145 e. The van der Waals surface area contributed by atoms with Gasteiger partial charge in [0.25, 0.3) is 0 Å². The van der Waals surface area contributed by atoms with E-state index in [1.807, 2.05) is 24.4 Å². The topological polar surface area (TPSA) is 93.9 Å². The molecule has 0 amide bonds. The molecule has 0 saturated carbocycles. The number of aliphatic hydroxyl groups excluding tert-OH is 1. The Kier molecular flexibility index (Phi) is 4.73. The number of nitrogens with one attached hydrogen (secondary N) is 1. The van der Waals surface area contributed by atoms with Crippen LogP contribution in [-0.2, 0) is 6.61 Å². The van der Waals surface area contributed by atoms with Gasteiger partial charge in [0.2, 0.25) is 0 Å². The lowest BCUT2D eigenvalue weighted by atomic mass is 10.1. The second-order valence-corrected chi connectivity index (χ2v) is 6.13. The van der Waals surface area contributed by atoms with Crippen LogP contribution in [-0.4, -0.2) is 32.6 Å². The van der Waals surface area contributed by atoms with E-state index >= 15 is 0 Å². The zero-order valence-electron chi connectivity index (χ0n) is 12.9. The van der Waals surface area contributed by atoms with E-state index in [9.17, 15) is 10.2 Å². The van der Waals surface area contributed by atoms with Crippen LogP contribution in [0.15, 0.2) is 45.3 Å². The van der Waals surface area contributed by atoms with E-state index in [2.05, 4.69) is 36.1 Å². The van der Waals surface area contributed by atoms with Crippen molar-refractivity contribution in [1.29, 1.82) is 0 Å². The van der Waals surface area contributed by atoms with Crippen molar-refractivity contribution in [2.45, 2.75) is 13.5 Å². The first-order valence-electron chi connectivity index (χ1n) is 7.21. The van der Waals surface area contributed by atoms with Crippen molar-refractivity contribution in [3.8, 4) is 5.75 Å². The summed E-state index contributed by atoms with van der Waals surface area (Å²) in [5.74, 6) is -0.00322. The molecular weight excluding hydrogens is 372 g/mol. The van der Waals surface area contributed by atoms with Crippen molar-refractivity contribution < 1.29 is 10.2 Å². The molecule has 3 aromatic rings. The predicted octanol–water partition coefficient (Wildman–Crippen LogP) is 3.28. The van der Waals surface area contributed by atoms with Crippen LogP contribution in [0.3, 0.4) is 0 Å². The predicted molar refractivity (Wildman–Crippen MR) is 97.7 cm³/mol. The molecule has 24 heavy (non-hydrogen) atoms. The average Bonchev–Trinajstić information content (AvgIpc) is 2.97. The van der Waals surface area contributed by atoms with E-state index < -0.39 is 0 Å². The molecule has 0 aliphatic carbocycles. The first kappa shape index (κ1) is 16.4. The maximum Gasteiger partial charge on any atom is 0.145 e. The highest BCUT2D eigenvalue weighted by Gasteiger charge is 2.09. The Balaban J connectivity index is 1.87. The Bertz CT molecular complexity index is 947. The molecule has 0 radical (unpaired) electrons. The largest absolute Gasteiger partial charge is 0.505 e. The molecule has 0 saturated heterocycles. The Hall–Kier alpha value is -2.51. The third-order valence-corrected chi connectivity index (χ3v) is 4.15. The molecule has 0 bridgehead atoms. The lowest BCUT2D eigenvalue weighted by molar-refractivity contribution is 0.280. The fraction of sp³-hybridized carbons (Fsp3) is 0.118. The van der Waals surface area contributed by atoms with Crippen LogP contribution in [0.25, 0.3) is 10.9 Å². The Morgan fingerprint density at radius 2 is 2.08 bits per heavy atom. The summed E-state index contributed by atoms with van der Waals surface area (Å²) in [4.78, 5) is 7.17. The average molecular weight is 387 g/mol. The Morgan fingerprint density at radius 3 is 2.88 bits per heavy atom. The highest BCUT2D eigenvalue weighted by molar-refractivity contribution is 9.10. The minimum atomic E-state index is -0.234. The molecule has 1 aromatic carbocycles. The lowest BCUT2D eigenvalue weighted by Crippen LogP contribution is -1.97. The molecule has 0 aliphatic rings. The van der Waals surface area contributed by atoms with Crippen LogP contribution < -0.4 is 0 Å². The fourth-order valence-electron chi connectivity index (χ4n) is 2.33. The van der Waals surface area contributed by atoms with E-state index in [4.69, 9.17) is 0 Å². The minimum absolute atomic E-state index is 0.00322. The highest BCUT2D eigenvalue weighted by Crippen LogP contribution is 2.23. The van der Waals surface area contributed by atoms with Crippen molar-refractivity contribution in [2.24, 2.45) is 10.2 Å². The van der Waals surface area contributed by atoms with Crippen LogP contribution in [0.5, 0.6) is 5.75 Å². The quantitative estimate of drug-likeness (QED) is 0.474. The van der Waals surface area contributed by atoms with Gasteiger partial charge >= 0.3 is 0 Å². The summed E-state index contributed by atoms with van der Waals surface area (Å²) >= 11 is 3.45. The number of hydrogen-bond donors (Lipinski definition) is 3. The SMILES string of the molecule is Cc1ncc(CO)c(/C=N\N=C\c2c[nH]c3ccc(Br)cc23)c1O. The number of aromatic hydroxyl groups is 1. The van der Waals surface area contributed by atoms with Gasteiger partial charge in [-0.15, -0.1) is 0 Å². The molecule has 2 heterocycles. The van der Waals surface area contributed by atoms with Crippen molar-refractivity contribution >= 4 is 39.3 Å². The number of aryl methyl sites for hydroxylation is 1. The summed E-state index contributed by atoms with van der Waals surface area (Å²) in [6.07, 6.45) is 6.41. The number of halogens is 1. The molecule has 6 nitrogen and oxygen atoms in total. The second kappa shape index (κ2) is 6.94. The molecule has 3 N–H and O–H groups in total. The maximum absolute atomic E-state index is 10.0. The monoisotopic (exact) mass is 386 g/mol. The second-order valence-electron chi connectivity index (χ2n) is 5.21. The van der Waals surface area contributed by atoms with E-state index in [1.165, 1.54) is 12.4 Å². The minimum Gasteiger partial charge on any atom is -0.505 e. The van der Waals surface area contributed by atoms with Crippen LogP contribution in [0.1, 0.15) is 22.4 Å².